The minimum absolute atomic E-state index is 1.11. The lowest BCUT2D eigenvalue weighted by atomic mass is 9.97. The third-order valence-corrected chi connectivity index (χ3v) is 15.6. The molecule has 0 fully saturated rings. The van der Waals surface area contributed by atoms with Gasteiger partial charge in [0, 0.05) is 51.7 Å². The van der Waals surface area contributed by atoms with E-state index in [1.807, 2.05) is 22.7 Å². The molecule has 0 atom stereocenters. The quantitative estimate of drug-likeness (QED) is 0.147. The van der Waals surface area contributed by atoms with Crippen molar-refractivity contribution >= 4 is 90.9 Å². The van der Waals surface area contributed by atoms with Crippen molar-refractivity contribution in [2.24, 2.45) is 0 Å². The van der Waals surface area contributed by atoms with Gasteiger partial charge in [-0.25, -0.2) is 0 Å². The van der Waals surface area contributed by atoms with E-state index in [0.29, 0.717) is 0 Å². The number of benzene rings is 11. The summed E-state index contributed by atoms with van der Waals surface area (Å²) in [6.07, 6.45) is 0. The van der Waals surface area contributed by atoms with Gasteiger partial charge in [-0.1, -0.05) is 200 Å². The van der Waals surface area contributed by atoms with Gasteiger partial charge in [0.1, 0.15) is 0 Å². The number of anilines is 3. The predicted molar refractivity (Wildman–Crippen MR) is 292 cm³/mol. The number of hydrogen-bond donors (Lipinski definition) is 0. The van der Waals surface area contributed by atoms with E-state index in [0.717, 1.165) is 17.1 Å². The maximum Gasteiger partial charge on any atom is 0.0555 e. The third-order valence-electron chi connectivity index (χ3n) is 13.3. The van der Waals surface area contributed by atoms with Gasteiger partial charge in [-0.2, -0.15) is 0 Å². The molecule has 3 heteroatoms. The first-order chi connectivity index (χ1) is 33.2. The molecule has 0 saturated heterocycles. The molecule has 0 N–H and O–H groups in total. The summed E-state index contributed by atoms with van der Waals surface area (Å²) in [5.74, 6) is 0. The second-order valence-corrected chi connectivity index (χ2v) is 19.4. The number of thiophene rings is 2. The van der Waals surface area contributed by atoms with Crippen LogP contribution in [0.15, 0.2) is 249 Å². The topological polar surface area (TPSA) is 3.24 Å². The summed E-state index contributed by atoms with van der Waals surface area (Å²) in [7, 11) is 0. The van der Waals surface area contributed by atoms with Crippen molar-refractivity contribution in [1.29, 1.82) is 0 Å². The van der Waals surface area contributed by atoms with E-state index >= 15 is 0 Å². The second-order valence-electron chi connectivity index (χ2n) is 17.3. The van der Waals surface area contributed by atoms with Crippen LogP contribution in [0, 0.1) is 0 Å². The summed E-state index contributed by atoms with van der Waals surface area (Å²) in [5, 5.41) is 7.61. The summed E-state index contributed by atoms with van der Waals surface area (Å²) in [4.78, 5) is 2.49. The zero-order valence-electron chi connectivity index (χ0n) is 36.4. The van der Waals surface area contributed by atoms with Gasteiger partial charge < -0.3 is 4.90 Å². The van der Waals surface area contributed by atoms with Crippen LogP contribution in [-0.2, 0) is 0 Å². The van der Waals surface area contributed by atoms with E-state index < -0.39 is 0 Å². The fraction of sp³-hybridized carbons (Fsp3) is 0. The highest BCUT2D eigenvalue weighted by molar-refractivity contribution is 7.26. The smallest absolute Gasteiger partial charge is 0.0555 e. The Morgan fingerprint density at radius 3 is 1.37 bits per heavy atom. The molecule has 0 amide bonds. The van der Waals surface area contributed by atoms with Crippen molar-refractivity contribution in [3.05, 3.63) is 249 Å². The SMILES string of the molecule is c1ccc(-c2ccc3c(c2)sc2cc(N(c4ccc(-c5ccc(-c6ccc7ccccc7c6)cc5)cc4)c4ccc(-c5ccccc5)c5sc6cc(-c7ccccc7)ccc6c45)ccc23)cc1. The second kappa shape index (κ2) is 16.4. The number of rotatable bonds is 8. The Hall–Kier alpha value is -8.08. The van der Waals surface area contributed by atoms with E-state index in [4.69, 9.17) is 0 Å². The van der Waals surface area contributed by atoms with E-state index in [9.17, 15) is 0 Å². The highest BCUT2D eigenvalue weighted by atomic mass is 32.1. The zero-order valence-corrected chi connectivity index (χ0v) is 38.1. The molecule has 11 aromatic carbocycles. The average Bonchev–Trinajstić information content (AvgIpc) is 3.98. The number of fused-ring (bicyclic) bond motifs is 7. The van der Waals surface area contributed by atoms with E-state index in [1.165, 1.54) is 107 Å². The molecule has 2 aromatic heterocycles. The Balaban J connectivity index is 0.966. The van der Waals surface area contributed by atoms with Crippen molar-refractivity contribution < 1.29 is 0 Å². The maximum absolute atomic E-state index is 2.49. The van der Waals surface area contributed by atoms with Crippen LogP contribution in [0.2, 0.25) is 0 Å². The summed E-state index contributed by atoms with van der Waals surface area (Å²) in [6.45, 7) is 0. The molecule has 0 radical (unpaired) electrons. The summed E-state index contributed by atoms with van der Waals surface area (Å²) in [6, 6.07) is 91.4. The normalized spacial score (nSPS) is 11.6. The molecule has 2 heterocycles. The molecule has 0 unspecified atom stereocenters. The van der Waals surface area contributed by atoms with E-state index in [-0.39, 0.29) is 0 Å². The van der Waals surface area contributed by atoms with Gasteiger partial charge in [0.05, 0.1) is 5.69 Å². The van der Waals surface area contributed by atoms with E-state index in [2.05, 4.69) is 254 Å². The Labute approximate surface area is 397 Å². The fourth-order valence-corrected chi connectivity index (χ4v) is 12.3. The molecule has 0 saturated carbocycles. The van der Waals surface area contributed by atoms with Gasteiger partial charge in [0.2, 0.25) is 0 Å². The Bertz CT molecular complexity index is 3940. The van der Waals surface area contributed by atoms with Crippen molar-refractivity contribution in [1.82, 2.24) is 0 Å². The first kappa shape index (κ1) is 39.3. The van der Waals surface area contributed by atoms with Crippen molar-refractivity contribution in [2.45, 2.75) is 0 Å². The van der Waals surface area contributed by atoms with Crippen LogP contribution in [0.1, 0.15) is 0 Å². The molecular formula is C64H41NS2. The number of hydrogen-bond acceptors (Lipinski definition) is 3. The van der Waals surface area contributed by atoms with Gasteiger partial charge in [0.25, 0.3) is 0 Å². The van der Waals surface area contributed by atoms with Crippen LogP contribution in [-0.4, -0.2) is 0 Å². The van der Waals surface area contributed by atoms with Gasteiger partial charge in [-0.15, -0.1) is 22.7 Å². The van der Waals surface area contributed by atoms with Crippen LogP contribution >= 0.6 is 22.7 Å². The van der Waals surface area contributed by atoms with Crippen molar-refractivity contribution in [2.75, 3.05) is 4.90 Å². The summed E-state index contributed by atoms with van der Waals surface area (Å²) < 4.78 is 5.13. The molecule has 314 valence electrons. The van der Waals surface area contributed by atoms with Crippen molar-refractivity contribution in [3.63, 3.8) is 0 Å². The van der Waals surface area contributed by atoms with Gasteiger partial charge in [-0.05, 0) is 115 Å². The highest BCUT2D eigenvalue weighted by Gasteiger charge is 2.22. The van der Waals surface area contributed by atoms with Crippen molar-refractivity contribution in [3.8, 4) is 55.6 Å². The first-order valence-corrected chi connectivity index (χ1v) is 24.4. The highest BCUT2D eigenvalue weighted by Crippen LogP contribution is 2.50. The van der Waals surface area contributed by atoms with Crippen LogP contribution in [0.25, 0.3) is 107 Å². The summed E-state index contributed by atoms with van der Waals surface area (Å²) in [5.41, 5.74) is 15.6. The Kier molecular flexibility index (Phi) is 9.63. The molecule has 1 nitrogen and oxygen atoms in total. The predicted octanol–water partition coefficient (Wildman–Crippen LogP) is 19.4. The number of nitrogens with zero attached hydrogens (tertiary/aromatic N) is 1. The lowest BCUT2D eigenvalue weighted by Gasteiger charge is -2.27. The standard InChI is InChI=1S/C64H41NS2/c1-4-12-42(13-5-1)51-28-33-56-57-35-32-54(41-62(57)66-60(56)39-51)65(53-30-26-46(27-31-53)45-20-22-47(23-21-45)50-25-24-44-16-10-11-19-49(44)38-50)59-37-36-55(48-17-8-3-9-18-48)64-63(59)58-34-29-52(40-61(58)67-64)43-14-6-2-7-15-43/h1-41H. The lowest BCUT2D eigenvalue weighted by molar-refractivity contribution is 1.31. The Morgan fingerprint density at radius 1 is 0.269 bits per heavy atom. The molecule has 0 spiro atoms. The van der Waals surface area contributed by atoms with Crippen LogP contribution in [0.5, 0.6) is 0 Å². The molecule has 0 aliphatic carbocycles. The minimum atomic E-state index is 1.11. The van der Waals surface area contributed by atoms with Gasteiger partial charge in [-0.3, -0.25) is 0 Å². The molecule has 0 bridgehead atoms. The molecule has 0 aliphatic heterocycles. The summed E-state index contributed by atoms with van der Waals surface area (Å²) >= 11 is 3.77. The van der Waals surface area contributed by atoms with E-state index in [1.54, 1.807) is 0 Å². The molecule has 13 aromatic rings. The van der Waals surface area contributed by atoms with Gasteiger partial charge >= 0.3 is 0 Å². The molecule has 13 rings (SSSR count). The van der Waals surface area contributed by atoms with Gasteiger partial charge in [0.15, 0.2) is 0 Å². The fourth-order valence-electron chi connectivity index (χ4n) is 9.87. The average molecular weight is 888 g/mol. The van der Waals surface area contributed by atoms with Crippen LogP contribution in [0.3, 0.4) is 0 Å². The maximum atomic E-state index is 2.49. The monoisotopic (exact) mass is 887 g/mol. The minimum Gasteiger partial charge on any atom is -0.310 e. The zero-order chi connectivity index (χ0) is 44.3. The lowest BCUT2D eigenvalue weighted by Crippen LogP contribution is -2.10. The Morgan fingerprint density at radius 2 is 0.716 bits per heavy atom. The molecular weight excluding hydrogens is 847 g/mol. The first-order valence-electron chi connectivity index (χ1n) is 22.8. The molecule has 67 heavy (non-hydrogen) atoms. The molecule has 0 aliphatic rings. The largest absolute Gasteiger partial charge is 0.310 e. The third kappa shape index (κ3) is 7.08. The van der Waals surface area contributed by atoms with Crippen LogP contribution in [0.4, 0.5) is 17.1 Å². The van der Waals surface area contributed by atoms with Crippen LogP contribution < -0.4 is 4.90 Å².